The van der Waals surface area contributed by atoms with Crippen LogP contribution in [0.25, 0.3) is 16.9 Å². The van der Waals surface area contributed by atoms with Gasteiger partial charge in [-0.1, -0.05) is 11.6 Å². The van der Waals surface area contributed by atoms with Gasteiger partial charge in [-0.25, -0.2) is 8.78 Å². The SMILES string of the molecule is CC(Nc1c(-c2c(F)cc(OCCCN3CCN(C)CC3)cc2F)c(Cl)nc2ncnn12)C(F)(F)F. The molecule has 14 heteroatoms. The maximum absolute atomic E-state index is 15.2. The molecule has 8 nitrogen and oxygen atoms in total. The molecule has 36 heavy (non-hydrogen) atoms. The number of fused-ring (bicyclic) bond motifs is 1. The summed E-state index contributed by atoms with van der Waals surface area (Å²) in [6, 6.07) is -0.156. The lowest BCUT2D eigenvalue weighted by atomic mass is 10.1. The van der Waals surface area contributed by atoms with Crippen molar-refractivity contribution in [1.82, 2.24) is 29.4 Å². The molecule has 4 rings (SSSR count). The zero-order chi connectivity index (χ0) is 26.0. The number of hydrogen-bond donors (Lipinski definition) is 1. The Morgan fingerprint density at radius 3 is 2.42 bits per heavy atom. The Hall–Kier alpha value is -2.77. The predicted octanol–water partition coefficient (Wildman–Crippen LogP) is 4.10. The van der Waals surface area contributed by atoms with E-state index in [-0.39, 0.29) is 18.1 Å². The molecule has 2 aromatic heterocycles. The van der Waals surface area contributed by atoms with E-state index in [1.54, 1.807) is 0 Å². The molecule has 0 radical (unpaired) electrons. The van der Waals surface area contributed by atoms with Crippen molar-refractivity contribution in [1.29, 1.82) is 0 Å². The van der Waals surface area contributed by atoms with Crippen LogP contribution in [0.15, 0.2) is 18.5 Å². The number of likely N-dealkylation sites (N-methyl/N-ethyl adjacent to an activating group) is 1. The number of ether oxygens (including phenoxy) is 1. The maximum Gasteiger partial charge on any atom is 0.408 e. The van der Waals surface area contributed by atoms with E-state index in [0.717, 1.165) is 62.6 Å². The van der Waals surface area contributed by atoms with E-state index in [2.05, 4.69) is 37.2 Å². The van der Waals surface area contributed by atoms with Crippen molar-refractivity contribution in [3.63, 3.8) is 0 Å². The van der Waals surface area contributed by atoms with Gasteiger partial charge in [0.25, 0.3) is 5.78 Å². The number of rotatable bonds is 8. The molecule has 1 unspecified atom stereocenters. The lowest BCUT2D eigenvalue weighted by Crippen LogP contribution is -2.44. The van der Waals surface area contributed by atoms with Crippen molar-refractivity contribution in [2.24, 2.45) is 0 Å². The van der Waals surface area contributed by atoms with Gasteiger partial charge in [0.05, 0.1) is 17.7 Å². The van der Waals surface area contributed by atoms with Crippen molar-refractivity contribution >= 4 is 23.2 Å². The number of halogens is 6. The van der Waals surface area contributed by atoms with Crippen LogP contribution in [0.1, 0.15) is 13.3 Å². The first-order chi connectivity index (χ1) is 17.0. The molecule has 0 spiro atoms. The van der Waals surface area contributed by atoms with Crippen molar-refractivity contribution in [3.05, 3.63) is 35.2 Å². The highest BCUT2D eigenvalue weighted by Crippen LogP contribution is 2.39. The summed E-state index contributed by atoms with van der Waals surface area (Å²) in [7, 11) is 2.07. The van der Waals surface area contributed by atoms with Gasteiger partial charge >= 0.3 is 6.18 Å². The first-order valence-corrected chi connectivity index (χ1v) is 11.7. The average Bonchev–Trinajstić information content (AvgIpc) is 3.26. The zero-order valence-electron chi connectivity index (χ0n) is 19.6. The van der Waals surface area contributed by atoms with Crippen LogP contribution in [0.4, 0.5) is 27.8 Å². The summed E-state index contributed by atoms with van der Waals surface area (Å²) in [6.07, 6.45) is -2.95. The van der Waals surface area contributed by atoms with Crippen LogP contribution in [0.5, 0.6) is 5.75 Å². The molecule has 1 fully saturated rings. The summed E-state index contributed by atoms with van der Waals surface area (Å²) in [5, 5.41) is 5.59. The number of anilines is 1. The van der Waals surface area contributed by atoms with Crippen LogP contribution < -0.4 is 10.1 Å². The van der Waals surface area contributed by atoms with Crippen LogP contribution in [0.3, 0.4) is 0 Å². The van der Waals surface area contributed by atoms with Gasteiger partial charge in [-0.3, -0.25) is 0 Å². The fourth-order valence-electron chi connectivity index (χ4n) is 3.88. The average molecular weight is 534 g/mol. The summed E-state index contributed by atoms with van der Waals surface area (Å²) in [5.74, 6) is -2.73. The first-order valence-electron chi connectivity index (χ1n) is 11.3. The van der Waals surface area contributed by atoms with Crippen molar-refractivity contribution in [2.75, 3.05) is 51.7 Å². The second kappa shape index (κ2) is 10.7. The minimum Gasteiger partial charge on any atom is -0.493 e. The first kappa shape index (κ1) is 26.3. The molecule has 1 atom stereocenters. The highest BCUT2D eigenvalue weighted by atomic mass is 35.5. The topological polar surface area (TPSA) is 70.8 Å². The Bertz CT molecular complexity index is 1190. The highest BCUT2D eigenvalue weighted by Gasteiger charge is 2.37. The van der Waals surface area contributed by atoms with Gasteiger partial charge in [0.2, 0.25) is 0 Å². The monoisotopic (exact) mass is 533 g/mol. The molecular formula is C22H25ClF5N7O. The number of aromatic nitrogens is 4. The fraction of sp³-hybridized carbons (Fsp3) is 0.500. The number of benzene rings is 1. The summed E-state index contributed by atoms with van der Waals surface area (Å²) >= 11 is 6.18. The summed E-state index contributed by atoms with van der Waals surface area (Å²) in [5.41, 5.74) is -1.08. The smallest absolute Gasteiger partial charge is 0.408 e. The Morgan fingerprint density at radius 2 is 1.78 bits per heavy atom. The standard InChI is InChI=1S/C22H25ClF5N7O/c1-13(22(26,27)28)31-20-18(19(23)32-21-29-12-30-35(20)21)17-15(24)10-14(11-16(17)25)36-9-3-4-34-7-5-33(2)6-8-34/h10-13,31H,3-9H2,1-2H3. The van der Waals surface area contributed by atoms with Crippen LogP contribution in [0.2, 0.25) is 5.15 Å². The molecule has 0 bridgehead atoms. The second-order valence-corrected chi connectivity index (χ2v) is 8.97. The molecule has 0 saturated carbocycles. The van der Waals surface area contributed by atoms with E-state index >= 15 is 8.78 Å². The van der Waals surface area contributed by atoms with Crippen molar-refractivity contribution in [3.8, 4) is 16.9 Å². The molecule has 0 aliphatic carbocycles. The van der Waals surface area contributed by atoms with Crippen LogP contribution in [-0.4, -0.2) is 88.0 Å². The van der Waals surface area contributed by atoms with Crippen molar-refractivity contribution in [2.45, 2.75) is 25.6 Å². The van der Waals surface area contributed by atoms with Crippen molar-refractivity contribution < 1.29 is 26.7 Å². The van der Waals surface area contributed by atoms with E-state index in [4.69, 9.17) is 16.3 Å². The van der Waals surface area contributed by atoms with E-state index in [1.165, 1.54) is 0 Å². The molecule has 3 aromatic rings. The highest BCUT2D eigenvalue weighted by molar-refractivity contribution is 6.33. The minimum absolute atomic E-state index is 0.0452. The molecular weight excluding hydrogens is 509 g/mol. The molecule has 1 N–H and O–H groups in total. The van der Waals surface area contributed by atoms with Gasteiger partial charge in [-0.2, -0.15) is 32.8 Å². The third-order valence-electron chi connectivity index (χ3n) is 5.98. The number of alkyl halides is 3. The maximum atomic E-state index is 15.2. The Morgan fingerprint density at radius 1 is 1.11 bits per heavy atom. The molecule has 1 aliphatic heterocycles. The molecule has 196 valence electrons. The number of nitrogens with zero attached hydrogens (tertiary/aromatic N) is 6. The zero-order valence-corrected chi connectivity index (χ0v) is 20.4. The lowest BCUT2D eigenvalue weighted by Gasteiger charge is -2.32. The largest absolute Gasteiger partial charge is 0.493 e. The van der Waals surface area contributed by atoms with Crippen LogP contribution in [0, 0.1) is 11.6 Å². The van der Waals surface area contributed by atoms with E-state index in [0.29, 0.717) is 6.42 Å². The van der Waals surface area contributed by atoms with E-state index < -0.39 is 46.0 Å². The van der Waals surface area contributed by atoms with E-state index in [1.807, 2.05) is 0 Å². The Labute approximate surface area is 209 Å². The third kappa shape index (κ3) is 5.79. The normalized spacial score (nSPS) is 16.4. The molecule has 1 aliphatic rings. The lowest BCUT2D eigenvalue weighted by molar-refractivity contribution is -0.138. The van der Waals surface area contributed by atoms with E-state index in [9.17, 15) is 13.2 Å². The number of nitrogens with one attached hydrogen (secondary N) is 1. The number of hydrogen-bond acceptors (Lipinski definition) is 7. The quantitative estimate of drug-likeness (QED) is 0.265. The molecule has 1 saturated heterocycles. The Kier molecular flexibility index (Phi) is 7.81. The van der Waals surface area contributed by atoms with Gasteiger partial charge in [0, 0.05) is 44.9 Å². The molecule has 1 aromatic carbocycles. The van der Waals surface area contributed by atoms with Crippen LogP contribution in [-0.2, 0) is 0 Å². The Balaban J connectivity index is 1.57. The van der Waals surface area contributed by atoms with Gasteiger partial charge in [-0.05, 0) is 20.4 Å². The fourth-order valence-corrected chi connectivity index (χ4v) is 4.14. The van der Waals surface area contributed by atoms with Gasteiger partial charge in [-0.15, -0.1) is 0 Å². The predicted molar refractivity (Wildman–Crippen MR) is 124 cm³/mol. The van der Waals surface area contributed by atoms with Gasteiger partial charge in [0.1, 0.15) is 40.7 Å². The number of piperazine rings is 1. The summed E-state index contributed by atoms with van der Waals surface area (Å²) in [4.78, 5) is 12.3. The van der Waals surface area contributed by atoms with Gasteiger partial charge < -0.3 is 19.9 Å². The minimum atomic E-state index is -4.65. The summed E-state index contributed by atoms with van der Waals surface area (Å²) < 4.78 is 76.6. The van der Waals surface area contributed by atoms with Crippen LogP contribution >= 0.6 is 11.6 Å². The summed E-state index contributed by atoms with van der Waals surface area (Å²) in [6.45, 7) is 5.75. The second-order valence-electron chi connectivity index (χ2n) is 8.61. The third-order valence-corrected chi connectivity index (χ3v) is 6.25. The molecule has 3 heterocycles. The van der Waals surface area contributed by atoms with Gasteiger partial charge in [0.15, 0.2) is 0 Å². The molecule has 0 amide bonds.